The first-order valence-electron chi connectivity index (χ1n) is 6.92. The number of hydrogen-bond acceptors (Lipinski definition) is 2. The van der Waals surface area contributed by atoms with Crippen LogP contribution in [0.3, 0.4) is 0 Å². The lowest BCUT2D eigenvalue weighted by Gasteiger charge is -2.34. The van der Waals surface area contributed by atoms with Gasteiger partial charge in [0.05, 0.1) is 0 Å². The summed E-state index contributed by atoms with van der Waals surface area (Å²) in [5, 5.41) is 9.20. The zero-order valence-electron chi connectivity index (χ0n) is 11.0. The maximum atomic E-state index is 12.4. The van der Waals surface area contributed by atoms with E-state index in [1.807, 2.05) is 0 Å². The average Bonchev–Trinajstić information content (AvgIpc) is 2.33. The molecule has 18 heavy (non-hydrogen) atoms. The molecule has 0 bridgehead atoms. The van der Waals surface area contributed by atoms with Crippen LogP contribution in [0.15, 0.2) is 0 Å². The smallest absolute Gasteiger partial charge is 0.383 e. The highest BCUT2D eigenvalue weighted by atomic mass is 19.4. The molecule has 1 rings (SSSR count). The second-order valence-electron chi connectivity index (χ2n) is 5.23. The SMILES string of the molecule is CCCCCCN1CCC(C(O)C(F)(F)F)CC1. The molecule has 1 N–H and O–H groups in total. The number of rotatable bonds is 6. The second-order valence-corrected chi connectivity index (χ2v) is 5.23. The van der Waals surface area contributed by atoms with Gasteiger partial charge in [0, 0.05) is 0 Å². The summed E-state index contributed by atoms with van der Waals surface area (Å²) in [6, 6.07) is 0. The molecule has 1 aliphatic rings. The van der Waals surface area contributed by atoms with Gasteiger partial charge in [0.2, 0.25) is 0 Å². The van der Waals surface area contributed by atoms with Gasteiger partial charge in [-0.3, -0.25) is 0 Å². The van der Waals surface area contributed by atoms with Gasteiger partial charge in [0.15, 0.2) is 6.10 Å². The van der Waals surface area contributed by atoms with Crippen LogP contribution in [0.25, 0.3) is 0 Å². The van der Waals surface area contributed by atoms with Gasteiger partial charge in [-0.2, -0.15) is 13.2 Å². The number of alkyl halides is 3. The van der Waals surface area contributed by atoms with E-state index < -0.39 is 18.2 Å². The van der Waals surface area contributed by atoms with Crippen LogP contribution >= 0.6 is 0 Å². The van der Waals surface area contributed by atoms with E-state index in [4.69, 9.17) is 0 Å². The van der Waals surface area contributed by atoms with Crippen molar-refractivity contribution in [2.24, 2.45) is 5.92 Å². The fourth-order valence-corrected chi connectivity index (χ4v) is 2.52. The molecule has 108 valence electrons. The Morgan fingerprint density at radius 1 is 1.17 bits per heavy atom. The average molecular weight is 267 g/mol. The number of hydrogen-bond donors (Lipinski definition) is 1. The van der Waals surface area contributed by atoms with Crippen molar-refractivity contribution in [2.45, 2.75) is 57.7 Å². The van der Waals surface area contributed by atoms with E-state index >= 15 is 0 Å². The summed E-state index contributed by atoms with van der Waals surface area (Å²) in [6.45, 7) is 4.51. The molecule has 0 spiro atoms. The molecule has 2 nitrogen and oxygen atoms in total. The zero-order valence-corrected chi connectivity index (χ0v) is 11.0. The Bertz CT molecular complexity index is 225. The molecule has 0 radical (unpaired) electrons. The normalized spacial score (nSPS) is 21.2. The van der Waals surface area contributed by atoms with E-state index in [1.165, 1.54) is 19.3 Å². The molecular weight excluding hydrogens is 243 g/mol. The summed E-state index contributed by atoms with van der Waals surface area (Å²) >= 11 is 0. The van der Waals surface area contributed by atoms with E-state index in [-0.39, 0.29) is 0 Å². The van der Waals surface area contributed by atoms with Gasteiger partial charge in [-0.1, -0.05) is 26.2 Å². The van der Waals surface area contributed by atoms with Gasteiger partial charge in [0.25, 0.3) is 0 Å². The van der Waals surface area contributed by atoms with Crippen molar-refractivity contribution in [3.8, 4) is 0 Å². The van der Waals surface area contributed by atoms with Crippen molar-refractivity contribution in [3.05, 3.63) is 0 Å². The molecule has 1 unspecified atom stereocenters. The fourth-order valence-electron chi connectivity index (χ4n) is 2.52. The predicted molar refractivity (Wildman–Crippen MR) is 65.4 cm³/mol. The van der Waals surface area contributed by atoms with Crippen LogP contribution in [0.2, 0.25) is 0 Å². The van der Waals surface area contributed by atoms with Crippen molar-refractivity contribution in [1.82, 2.24) is 4.90 Å². The topological polar surface area (TPSA) is 23.5 Å². The van der Waals surface area contributed by atoms with Gasteiger partial charge >= 0.3 is 6.18 Å². The van der Waals surface area contributed by atoms with Gasteiger partial charge in [-0.15, -0.1) is 0 Å². The molecule has 0 amide bonds. The van der Waals surface area contributed by atoms with Crippen LogP contribution in [-0.4, -0.2) is 41.9 Å². The molecule has 5 heteroatoms. The Hall–Kier alpha value is -0.290. The number of aliphatic hydroxyl groups is 1. The Balaban J connectivity index is 2.20. The van der Waals surface area contributed by atoms with Gasteiger partial charge in [-0.25, -0.2) is 0 Å². The number of halogens is 3. The van der Waals surface area contributed by atoms with Crippen molar-refractivity contribution < 1.29 is 18.3 Å². The minimum Gasteiger partial charge on any atom is -0.383 e. The molecular formula is C13H24F3NO. The summed E-state index contributed by atoms with van der Waals surface area (Å²) in [5.74, 6) is -0.614. The van der Waals surface area contributed by atoms with Crippen LogP contribution in [0.4, 0.5) is 13.2 Å². The van der Waals surface area contributed by atoms with E-state index in [1.54, 1.807) is 0 Å². The summed E-state index contributed by atoms with van der Waals surface area (Å²) < 4.78 is 37.1. The van der Waals surface area contributed by atoms with Crippen LogP contribution in [0, 0.1) is 5.92 Å². The largest absolute Gasteiger partial charge is 0.414 e. The third-order valence-electron chi connectivity index (χ3n) is 3.74. The monoisotopic (exact) mass is 267 g/mol. The maximum absolute atomic E-state index is 12.4. The Morgan fingerprint density at radius 3 is 2.28 bits per heavy atom. The van der Waals surface area contributed by atoms with Crippen molar-refractivity contribution in [1.29, 1.82) is 0 Å². The van der Waals surface area contributed by atoms with Crippen molar-refractivity contribution >= 4 is 0 Å². The number of likely N-dealkylation sites (tertiary alicyclic amines) is 1. The minimum absolute atomic E-state index is 0.453. The Kier molecular flexibility index (Phi) is 6.43. The zero-order chi connectivity index (χ0) is 13.6. The number of nitrogens with zero attached hydrogens (tertiary/aromatic N) is 1. The molecule has 0 aromatic heterocycles. The quantitative estimate of drug-likeness (QED) is 0.747. The van der Waals surface area contributed by atoms with Gasteiger partial charge < -0.3 is 10.0 Å². The molecule has 0 aliphatic carbocycles. The van der Waals surface area contributed by atoms with Gasteiger partial charge in [-0.05, 0) is 44.8 Å². The maximum Gasteiger partial charge on any atom is 0.414 e. The first-order chi connectivity index (χ1) is 8.45. The lowest BCUT2D eigenvalue weighted by atomic mass is 9.91. The lowest BCUT2D eigenvalue weighted by Crippen LogP contribution is -2.43. The number of aliphatic hydroxyl groups excluding tert-OH is 1. The Morgan fingerprint density at radius 2 is 1.78 bits per heavy atom. The predicted octanol–water partition coefficient (Wildman–Crippen LogP) is 3.20. The number of unbranched alkanes of at least 4 members (excludes halogenated alkanes) is 3. The molecule has 1 fully saturated rings. The number of piperidine rings is 1. The molecule has 0 saturated carbocycles. The molecule has 0 aromatic rings. The lowest BCUT2D eigenvalue weighted by molar-refractivity contribution is -0.223. The third-order valence-corrected chi connectivity index (χ3v) is 3.74. The summed E-state index contributed by atoms with van der Waals surface area (Å²) in [6.07, 6.45) is -0.957. The van der Waals surface area contributed by atoms with Crippen molar-refractivity contribution in [3.63, 3.8) is 0 Å². The van der Waals surface area contributed by atoms with E-state index in [0.717, 1.165) is 13.0 Å². The van der Waals surface area contributed by atoms with Crippen LogP contribution in [0.1, 0.15) is 45.4 Å². The van der Waals surface area contributed by atoms with Crippen LogP contribution in [0.5, 0.6) is 0 Å². The first-order valence-corrected chi connectivity index (χ1v) is 6.92. The standard InChI is InChI=1S/C13H24F3NO/c1-2-3-4-5-8-17-9-6-11(7-10-17)12(18)13(14,15)16/h11-12,18H,2-10H2,1H3. The van der Waals surface area contributed by atoms with Crippen LogP contribution < -0.4 is 0 Å². The fraction of sp³-hybridized carbons (Fsp3) is 1.00. The molecule has 1 saturated heterocycles. The third kappa shape index (κ3) is 5.14. The van der Waals surface area contributed by atoms with E-state index in [0.29, 0.717) is 25.9 Å². The molecule has 1 heterocycles. The highest BCUT2D eigenvalue weighted by molar-refractivity contribution is 4.81. The van der Waals surface area contributed by atoms with Gasteiger partial charge in [0.1, 0.15) is 0 Å². The molecule has 1 aliphatic heterocycles. The molecule has 0 aromatic carbocycles. The summed E-state index contributed by atoms with van der Waals surface area (Å²) in [5.41, 5.74) is 0. The first kappa shape index (κ1) is 15.8. The summed E-state index contributed by atoms with van der Waals surface area (Å²) in [7, 11) is 0. The van der Waals surface area contributed by atoms with E-state index in [9.17, 15) is 18.3 Å². The van der Waals surface area contributed by atoms with Crippen molar-refractivity contribution in [2.75, 3.05) is 19.6 Å². The summed E-state index contributed by atoms with van der Waals surface area (Å²) in [4.78, 5) is 2.22. The highest BCUT2D eigenvalue weighted by Gasteiger charge is 2.43. The minimum atomic E-state index is -4.46. The van der Waals surface area contributed by atoms with Crippen LogP contribution in [-0.2, 0) is 0 Å². The molecule has 1 atom stereocenters. The highest BCUT2D eigenvalue weighted by Crippen LogP contribution is 2.31. The second kappa shape index (κ2) is 7.34. The van der Waals surface area contributed by atoms with E-state index in [2.05, 4.69) is 11.8 Å². The Labute approximate surface area is 107 Å².